The molecule has 3 aromatic carbocycles. The third-order valence-corrected chi connectivity index (χ3v) is 5.91. The standard InChI is InChI=1S/C25H24N4O2S/c1-18-7-9-20(10-8-18)16-29-23-6-4-3-5-22(23)27-25(29)32-17-24(30)28-26-15-19-11-13-21(31-2)14-12-19/h3-15H,16-17H2,1-2H3,(H,28,30)/b26-15+. The van der Waals surface area contributed by atoms with Gasteiger partial charge in [0.1, 0.15) is 5.75 Å². The number of methoxy groups -OCH3 is 1. The molecule has 0 atom stereocenters. The Kier molecular flexibility index (Phi) is 6.87. The van der Waals surface area contributed by atoms with Crippen LogP contribution in [0.5, 0.6) is 5.75 Å². The summed E-state index contributed by atoms with van der Waals surface area (Å²) < 4.78 is 7.29. The third-order valence-electron chi connectivity index (χ3n) is 4.93. The first-order valence-corrected chi connectivity index (χ1v) is 11.2. The number of hydrogen-bond donors (Lipinski definition) is 1. The highest BCUT2D eigenvalue weighted by atomic mass is 32.2. The molecule has 4 aromatic rings. The van der Waals surface area contributed by atoms with Gasteiger partial charge in [-0.05, 0) is 54.4 Å². The van der Waals surface area contributed by atoms with Crippen molar-refractivity contribution in [3.8, 4) is 5.75 Å². The van der Waals surface area contributed by atoms with Crippen molar-refractivity contribution >= 4 is 34.9 Å². The lowest BCUT2D eigenvalue weighted by Crippen LogP contribution is -2.20. The van der Waals surface area contributed by atoms with E-state index in [1.54, 1.807) is 13.3 Å². The van der Waals surface area contributed by atoms with Crippen molar-refractivity contribution in [3.05, 3.63) is 89.5 Å². The zero-order valence-electron chi connectivity index (χ0n) is 18.0. The topological polar surface area (TPSA) is 68.5 Å². The second-order valence-electron chi connectivity index (χ2n) is 7.31. The molecule has 0 spiro atoms. The number of hydrogen-bond acceptors (Lipinski definition) is 5. The van der Waals surface area contributed by atoms with Gasteiger partial charge >= 0.3 is 0 Å². The maximum atomic E-state index is 12.3. The van der Waals surface area contributed by atoms with Crippen molar-refractivity contribution in [2.75, 3.05) is 12.9 Å². The molecule has 0 radical (unpaired) electrons. The monoisotopic (exact) mass is 444 g/mol. The molecule has 6 nitrogen and oxygen atoms in total. The maximum absolute atomic E-state index is 12.3. The van der Waals surface area contributed by atoms with Crippen LogP contribution in [0, 0.1) is 6.92 Å². The highest BCUT2D eigenvalue weighted by Gasteiger charge is 2.13. The molecule has 0 aliphatic carbocycles. The fourth-order valence-electron chi connectivity index (χ4n) is 3.22. The molecule has 0 fully saturated rings. The van der Waals surface area contributed by atoms with Crippen LogP contribution in [0.15, 0.2) is 83.1 Å². The summed E-state index contributed by atoms with van der Waals surface area (Å²) in [6.45, 7) is 2.77. The number of carbonyl (C=O) groups excluding carboxylic acids is 1. The van der Waals surface area contributed by atoms with Gasteiger partial charge in [0.2, 0.25) is 0 Å². The predicted molar refractivity (Wildman–Crippen MR) is 129 cm³/mol. The van der Waals surface area contributed by atoms with E-state index in [4.69, 9.17) is 9.72 Å². The summed E-state index contributed by atoms with van der Waals surface area (Å²) in [7, 11) is 1.62. The number of ether oxygens (including phenoxy) is 1. The van der Waals surface area contributed by atoms with Gasteiger partial charge < -0.3 is 9.30 Å². The summed E-state index contributed by atoms with van der Waals surface area (Å²) in [5.41, 5.74) is 7.84. The minimum atomic E-state index is -0.186. The largest absolute Gasteiger partial charge is 0.497 e. The Morgan fingerprint density at radius 1 is 1.09 bits per heavy atom. The number of aryl methyl sites for hydroxylation is 1. The van der Waals surface area contributed by atoms with Crippen LogP contribution in [-0.2, 0) is 11.3 Å². The van der Waals surface area contributed by atoms with Gasteiger partial charge in [-0.15, -0.1) is 0 Å². The summed E-state index contributed by atoms with van der Waals surface area (Å²) in [6.07, 6.45) is 1.61. The van der Waals surface area contributed by atoms with E-state index in [-0.39, 0.29) is 11.7 Å². The van der Waals surface area contributed by atoms with E-state index in [1.165, 1.54) is 22.9 Å². The van der Waals surface area contributed by atoms with Crippen molar-refractivity contribution in [1.29, 1.82) is 0 Å². The molecule has 4 rings (SSSR count). The summed E-state index contributed by atoms with van der Waals surface area (Å²) in [5.74, 6) is 0.807. The molecule has 0 aliphatic rings. The van der Waals surface area contributed by atoms with E-state index in [9.17, 15) is 4.79 Å². The summed E-state index contributed by atoms with van der Waals surface area (Å²) in [6, 6.07) is 23.9. The van der Waals surface area contributed by atoms with Gasteiger partial charge in [0.25, 0.3) is 5.91 Å². The average Bonchev–Trinajstić information content (AvgIpc) is 3.17. The van der Waals surface area contributed by atoms with Crippen molar-refractivity contribution in [2.24, 2.45) is 5.10 Å². The lowest BCUT2D eigenvalue weighted by Gasteiger charge is -2.09. The number of benzene rings is 3. The Labute approximate surface area is 191 Å². The Morgan fingerprint density at radius 2 is 1.84 bits per heavy atom. The van der Waals surface area contributed by atoms with Crippen LogP contribution in [0.2, 0.25) is 0 Å². The number of imidazole rings is 1. The van der Waals surface area contributed by atoms with Crippen LogP contribution in [0.3, 0.4) is 0 Å². The second-order valence-corrected chi connectivity index (χ2v) is 8.25. The van der Waals surface area contributed by atoms with Crippen molar-refractivity contribution in [2.45, 2.75) is 18.6 Å². The van der Waals surface area contributed by atoms with Gasteiger partial charge in [-0.2, -0.15) is 5.10 Å². The fraction of sp³-hybridized carbons (Fsp3) is 0.160. The van der Waals surface area contributed by atoms with Gasteiger partial charge in [0.05, 0.1) is 36.7 Å². The van der Waals surface area contributed by atoms with E-state index < -0.39 is 0 Å². The summed E-state index contributed by atoms with van der Waals surface area (Å²) in [5, 5.41) is 4.85. The molecule has 1 heterocycles. The van der Waals surface area contributed by atoms with Crippen LogP contribution in [0.1, 0.15) is 16.7 Å². The number of hydrazone groups is 1. The molecule has 0 aliphatic heterocycles. The number of aromatic nitrogens is 2. The quantitative estimate of drug-likeness (QED) is 0.244. The molecule has 162 valence electrons. The first-order chi connectivity index (χ1) is 15.6. The Bertz CT molecular complexity index is 1230. The molecule has 1 amide bonds. The number of amides is 1. The molecule has 0 bridgehead atoms. The normalized spacial score (nSPS) is 11.2. The SMILES string of the molecule is COc1ccc(/C=N/NC(=O)CSc2nc3ccccc3n2Cc2ccc(C)cc2)cc1. The second kappa shape index (κ2) is 10.2. The Morgan fingerprint density at radius 3 is 2.59 bits per heavy atom. The summed E-state index contributed by atoms with van der Waals surface area (Å²) >= 11 is 1.40. The molecule has 0 unspecified atom stereocenters. The third kappa shape index (κ3) is 5.36. The zero-order valence-corrected chi connectivity index (χ0v) is 18.8. The molecule has 1 N–H and O–H groups in total. The van der Waals surface area contributed by atoms with Gasteiger partial charge in [-0.3, -0.25) is 4.79 Å². The number of fused-ring (bicyclic) bond motifs is 1. The molecular formula is C25H24N4O2S. The molecular weight excluding hydrogens is 420 g/mol. The van der Waals surface area contributed by atoms with Crippen LogP contribution in [0.4, 0.5) is 0 Å². The van der Waals surface area contributed by atoms with E-state index >= 15 is 0 Å². The Hall–Kier alpha value is -3.58. The van der Waals surface area contributed by atoms with Gasteiger partial charge in [-0.25, -0.2) is 10.4 Å². The average molecular weight is 445 g/mol. The van der Waals surface area contributed by atoms with Gasteiger partial charge in [0.15, 0.2) is 5.16 Å². The first-order valence-electron chi connectivity index (χ1n) is 10.2. The van der Waals surface area contributed by atoms with E-state index in [0.29, 0.717) is 6.54 Å². The highest BCUT2D eigenvalue weighted by molar-refractivity contribution is 7.99. The van der Waals surface area contributed by atoms with E-state index in [1.807, 2.05) is 42.5 Å². The smallest absolute Gasteiger partial charge is 0.250 e. The first kappa shape index (κ1) is 21.6. The molecule has 32 heavy (non-hydrogen) atoms. The Balaban J connectivity index is 1.42. The van der Waals surface area contributed by atoms with Crippen LogP contribution in [-0.4, -0.2) is 34.5 Å². The minimum absolute atomic E-state index is 0.186. The number of para-hydroxylation sites is 2. The van der Waals surface area contributed by atoms with E-state index in [0.717, 1.165) is 27.5 Å². The van der Waals surface area contributed by atoms with Crippen molar-refractivity contribution < 1.29 is 9.53 Å². The minimum Gasteiger partial charge on any atom is -0.497 e. The molecule has 1 aromatic heterocycles. The zero-order chi connectivity index (χ0) is 22.3. The maximum Gasteiger partial charge on any atom is 0.250 e. The highest BCUT2D eigenvalue weighted by Crippen LogP contribution is 2.25. The number of rotatable bonds is 8. The van der Waals surface area contributed by atoms with Crippen LogP contribution >= 0.6 is 11.8 Å². The predicted octanol–water partition coefficient (Wildman–Crippen LogP) is 4.64. The molecule has 0 saturated heterocycles. The van der Waals surface area contributed by atoms with Crippen LogP contribution < -0.4 is 10.2 Å². The fourth-order valence-corrected chi connectivity index (χ4v) is 4.03. The van der Waals surface area contributed by atoms with Crippen molar-refractivity contribution in [3.63, 3.8) is 0 Å². The van der Waals surface area contributed by atoms with Gasteiger partial charge in [-0.1, -0.05) is 53.7 Å². The molecule has 7 heteroatoms. The van der Waals surface area contributed by atoms with Gasteiger partial charge in [0, 0.05) is 0 Å². The summed E-state index contributed by atoms with van der Waals surface area (Å²) in [4.78, 5) is 17.1. The number of nitrogens with zero attached hydrogens (tertiary/aromatic N) is 3. The number of carbonyl (C=O) groups is 1. The van der Waals surface area contributed by atoms with Crippen LogP contribution in [0.25, 0.3) is 11.0 Å². The van der Waals surface area contributed by atoms with Crippen molar-refractivity contribution in [1.82, 2.24) is 15.0 Å². The number of thioether (sulfide) groups is 1. The lowest BCUT2D eigenvalue weighted by atomic mass is 10.1. The molecule has 0 saturated carbocycles. The number of nitrogens with one attached hydrogen (secondary N) is 1. The lowest BCUT2D eigenvalue weighted by molar-refractivity contribution is -0.118. The van der Waals surface area contributed by atoms with E-state index in [2.05, 4.69) is 52.3 Å².